The highest BCUT2D eigenvalue weighted by Gasteiger charge is 2.67. The van der Waals surface area contributed by atoms with Crippen molar-refractivity contribution in [2.75, 3.05) is 34.6 Å². The number of aliphatic hydroxyl groups excluding tert-OH is 2. The molecule has 2 heterocycles. The van der Waals surface area contributed by atoms with Gasteiger partial charge in [0.1, 0.15) is 44.0 Å². The number of rotatable bonds is 7. The molecule has 0 aromatic heterocycles. The summed E-state index contributed by atoms with van der Waals surface area (Å²) in [7, 11) is 2.85. The molecule has 2 fully saturated rings. The predicted molar refractivity (Wildman–Crippen MR) is 93.2 cm³/mol. The number of carbonyl (C=O) groups excluding carboxylic acids is 1. The van der Waals surface area contributed by atoms with Crippen LogP contribution in [0, 0.1) is 0 Å². The van der Waals surface area contributed by atoms with Gasteiger partial charge in [0.05, 0.1) is 0 Å². The molecule has 4 rings (SSSR count). The number of benzene rings is 1. The maximum Gasteiger partial charge on any atom is 0.408 e. The number of amides is 1. The van der Waals surface area contributed by atoms with Gasteiger partial charge < -0.3 is 48.7 Å². The Morgan fingerprint density at radius 1 is 1.10 bits per heavy atom. The van der Waals surface area contributed by atoms with Crippen molar-refractivity contribution in [2.45, 2.75) is 36.1 Å². The maximum absolute atomic E-state index is 12.3. The van der Waals surface area contributed by atoms with Crippen molar-refractivity contribution in [3.05, 3.63) is 23.8 Å². The molecule has 1 saturated carbocycles. The van der Waals surface area contributed by atoms with Gasteiger partial charge in [-0.3, -0.25) is 0 Å². The van der Waals surface area contributed by atoms with Crippen molar-refractivity contribution >= 4 is 6.09 Å². The topological polar surface area (TPSA) is 134 Å². The van der Waals surface area contributed by atoms with Gasteiger partial charge in [-0.2, -0.15) is 0 Å². The Morgan fingerprint density at radius 2 is 1.83 bits per heavy atom. The summed E-state index contributed by atoms with van der Waals surface area (Å²) in [4.78, 5) is 12.3. The minimum absolute atomic E-state index is 0.0672. The summed E-state index contributed by atoms with van der Waals surface area (Å²) in [6, 6.07) is 3.98. The summed E-state index contributed by atoms with van der Waals surface area (Å²) in [5.41, 5.74) is -1.06. The third kappa shape index (κ3) is 3.19. The molecule has 0 unspecified atom stereocenters. The van der Waals surface area contributed by atoms with Crippen LogP contribution < -0.4 is 14.8 Å². The van der Waals surface area contributed by atoms with E-state index >= 15 is 0 Å². The van der Waals surface area contributed by atoms with Gasteiger partial charge in [-0.25, -0.2) is 4.79 Å². The molecule has 0 spiro atoms. The lowest BCUT2D eigenvalue weighted by Crippen LogP contribution is -2.71. The monoisotopic (exact) mass is 413 g/mol. The van der Waals surface area contributed by atoms with Gasteiger partial charge in [0.2, 0.25) is 6.79 Å². The molecule has 3 aliphatic rings. The smallest absolute Gasteiger partial charge is 0.408 e. The zero-order chi connectivity index (χ0) is 20.6. The number of fused-ring (bicyclic) bond motifs is 2. The summed E-state index contributed by atoms with van der Waals surface area (Å²) in [5, 5.41) is 24.0. The second-order valence-corrected chi connectivity index (χ2v) is 6.89. The van der Waals surface area contributed by atoms with E-state index in [9.17, 15) is 15.0 Å². The first kappa shape index (κ1) is 20.1. The molecule has 1 amide bonds. The molecule has 1 aromatic rings. The van der Waals surface area contributed by atoms with E-state index in [2.05, 4.69) is 5.32 Å². The summed E-state index contributed by atoms with van der Waals surface area (Å²) < 4.78 is 38.0. The lowest BCUT2D eigenvalue weighted by atomic mass is 9.70. The van der Waals surface area contributed by atoms with Crippen LogP contribution in [0.3, 0.4) is 0 Å². The number of hydrogen-bond acceptors (Lipinski definition) is 10. The number of hydrogen-bond donors (Lipinski definition) is 3. The van der Waals surface area contributed by atoms with E-state index in [-0.39, 0.29) is 20.4 Å². The molecule has 1 aromatic carbocycles. The average Bonchev–Trinajstić information content (AvgIpc) is 3.33. The van der Waals surface area contributed by atoms with Gasteiger partial charge in [-0.15, -0.1) is 0 Å². The Kier molecular flexibility index (Phi) is 5.51. The SMILES string of the molecule is COCO[C@@H]1[C@@H](O)[C@@H](O)[C@@H]2NC(=O)O[C@]2(c2ccc3c(c2)OCO3)[C@H]1OCOC. The lowest BCUT2D eigenvalue weighted by Gasteiger charge is -2.50. The molecular formula is C18H23NO10. The van der Waals surface area contributed by atoms with Crippen LogP contribution in [0.4, 0.5) is 4.79 Å². The van der Waals surface area contributed by atoms with E-state index in [1.807, 2.05) is 0 Å². The molecule has 0 radical (unpaired) electrons. The quantitative estimate of drug-likeness (QED) is 0.499. The number of carbonyl (C=O) groups is 1. The Hall–Kier alpha value is -2.15. The maximum atomic E-state index is 12.3. The first-order valence-corrected chi connectivity index (χ1v) is 8.99. The molecule has 1 aliphatic carbocycles. The number of alkyl carbamates (subject to hydrolysis) is 1. The molecule has 0 bridgehead atoms. The van der Waals surface area contributed by atoms with Gasteiger partial charge >= 0.3 is 6.09 Å². The van der Waals surface area contributed by atoms with Crippen molar-refractivity contribution in [2.24, 2.45) is 0 Å². The zero-order valence-electron chi connectivity index (χ0n) is 15.9. The van der Waals surface area contributed by atoms with Crippen LogP contribution in [0.1, 0.15) is 5.56 Å². The molecule has 6 atom stereocenters. The van der Waals surface area contributed by atoms with Crippen LogP contribution in [0.5, 0.6) is 11.5 Å². The Labute approximate surface area is 166 Å². The van der Waals surface area contributed by atoms with E-state index in [0.717, 1.165) is 0 Å². The first-order valence-electron chi connectivity index (χ1n) is 8.99. The van der Waals surface area contributed by atoms with Gasteiger partial charge in [-0.05, 0) is 12.1 Å². The van der Waals surface area contributed by atoms with Crippen LogP contribution in [0.15, 0.2) is 18.2 Å². The van der Waals surface area contributed by atoms with Gasteiger partial charge in [-0.1, -0.05) is 6.07 Å². The summed E-state index contributed by atoms with van der Waals surface area (Å²) >= 11 is 0. The Bertz CT molecular complexity index is 760. The summed E-state index contributed by atoms with van der Waals surface area (Å²) in [6.45, 7) is -0.279. The fourth-order valence-electron chi connectivity index (χ4n) is 4.10. The number of ether oxygens (including phenoxy) is 7. The van der Waals surface area contributed by atoms with Gasteiger partial charge in [0.25, 0.3) is 0 Å². The van der Waals surface area contributed by atoms with Crippen LogP contribution in [-0.2, 0) is 29.3 Å². The molecule has 3 N–H and O–H groups in total. The highest BCUT2D eigenvalue weighted by molar-refractivity contribution is 5.73. The largest absolute Gasteiger partial charge is 0.454 e. The van der Waals surface area contributed by atoms with E-state index in [4.69, 9.17) is 33.2 Å². The number of aliphatic hydroxyl groups is 2. The molecule has 11 nitrogen and oxygen atoms in total. The van der Waals surface area contributed by atoms with Gasteiger partial charge in [0, 0.05) is 19.8 Å². The highest BCUT2D eigenvalue weighted by atomic mass is 16.7. The fraction of sp³-hybridized carbons (Fsp3) is 0.611. The van der Waals surface area contributed by atoms with E-state index in [1.54, 1.807) is 18.2 Å². The normalized spacial score (nSPS) is 35.2. The van der Waals surface area contributed by atoms with Crippen LogP contribution >= 0.6 is 0 Å². The molecule has 1 saturated heterocycles. The molecule has 11 heteroatoms. The number of nitrogens with one attached hydrogen (secondary N) is 1. The molecule has 2 aliphatic heterocycles. The third-order valence-corrected chi connectivity index (χ3v) is 5.31. The first-order chi connectivity index (χ1) is 14.0. The Morgan fingerprint density at radius 3 is 2.59 bits per heavy atom. The van der Waals surface area contributed by atoms with Crippen LogP contribution in [0.25, 0.3) is 0 Å². The highest BCUT2D eigenvalue weighted by Crippen LogP contribution is 2.48. The standard InChI is InChI=1S/C18H23NO10/c1-23-6-27-14-12(20)13(21)15-18(29-17(22)19-15,16(14)28-7-24-2)9-3-4-10-11(5-9)26-8-25-10/h3-5,12-16,20-21H,6-8H2,1-2H3,(H,19,22)/t12-,13+,14+,15-,16-,18-/m0/s1. The van der Waals surface area contributed by atoms with Crippen molar-refractivity contribution < 1.29 is 48.2 Å². The average molecular weight is 413 g/mol. The number of methoxy groups -OCH3 is 2. The third-order valence-electron chi connectivity index (χ3n) is 5.31. The second-order valence-electron chi connectivity index (χ2n) is 6.89. The van der Waals surface area contributed by atoms with Crippen molar-refractivity contribution in [3.63, 3.8) is 0 Å². The zero-order valence-corrected chi connectivity index (χ0v) is 15.9. The van der Waals surface area contributed by atoms with E-state index < -0.39 is 42.2 Å². The molecule has 29 heavy (non-hydrogen) atoms. The fourth-order valence-corrected chi connectivity index (χ4v) is 4.10. The minimum atomic E-state index is -1.53. The van der Waals surface area contributed by atoms with Crippen LogP contribution in [0.2, 0.25) is 0 Å². The summed E-state index contributed by atoms with van der Waals surface area (Å²) in [6.07, 6.45) is -5.69. The van der Waals surface area contributed by atoms with E-state index in [0.29, 0.717) is 17.1 Å². The van der Waals surface area contributed by atoms with Crippen LogP contribution in [-0.4, -0.2) is 81.4 Å². The molecular weight excluding hydrogens is 390 g/mol. The predicted octanol–water partition coefficient (Wildman–Crippen LogP) is -0.567. The van der Waals surface area contributed by atoms with E-state index in [1.165, 1.54) is 14.2 Å². The summed E-state index contributed by atoms with van der Waals surface area (Å²) in [5.74, 6) is 0.996. The minimum Gasteiger partial charge on any atom is -0.454 e. The van der Waals surface area contributed by atoms with Crippen molar-refractivity contribution in [1.29, 1.82) is 0 Å². The van der Waals surface area contributed by atoms with Gasteiger partial charge in [0.15, 0.2) is 17.1 Å². The molecule has 160 valence electrons. The van der Waals surface area contributed by atoms with Crippen molar-refractivity contribution in [3.8, 4) is 11.5 Å². The second kappa shape index (κ2) is 7.94. The Balaban J connectivity index is 1.83. The lowest BCUT2D eigenvalue weighted by molar-refractivity contribution is -0.274. The van der Waals surface area contributed by atoms with Crippen molar-refractivity contribution in [1.82, 2.24) is 5.32 Å².